The van der Waals surface area contributed by atoms with Gasteiger partial charge < -0.3 is 15.2 Å². The largest absolute Gasteiger partial charge is 0.508 e. The summed E-state index contributed by atoms with van der Waals surface area (Å²) < 4.78 is 5.65. The maximum atomic E-state index is 11.9. The number of carbonyl (C=O) groups excluding carboxylic acids is 1. The number of amides is 1. The molecule has 19 heavy (non-hydrogen) atoms. The van der Waals surface area contributed by atoms with Crippen LogP contribution in [0.4, 0.5) is 0 Å². The van der Waals surface area contributed by atoms with Crippen molar-refractivity contribution >= 4 is 17.5 Å². The number of hydrogen-bond acceptors (Lipinski definition) is 3. The number of aromatic hydroxyl groups is 1. The highest BCUT2D eigenvalue weighted by molar-refractivity contribution is 6.33. The van der Waals surface area contributed by atoms with Crippen LogP contribution in [0.1, 0.15) is 36.0 Å². The topological polar surface area (TPSA) is 58.6 Å². The lowest BCUT2D eigenvalue weighted by Gasteiger charge is -2.12. The van der Waals surface area contributed by atoms with Crippen molar-refractivity contribution in [3.8, 4) is 5.75 Å². The Balaban J connectivity index is 1.75. The maximum Gasteiger partial charge on any atom is 0.253 e. The molecule has 1 aliphatic carbocycles. The van der Waals surface area contributed by atoms with Crippen molar-refractivity contribution in [2.24, 2.45) is 0 Å². The predicted octanol–water partition coefficient (Wildman–Crippen LogP) is 2.73. The Labute approximate surface area is 117 Å². The minimum Gasteiger partial charge on any atom is -0.508 e. The quantitative estimate of drug-likeness (QED) is 0.817. The van der Waals surface area contributed by atoms with E-state index < -0.39 is 0 Å². The Bertz CT molecular complexity index is 444. The highest BCUT2D eigenvalue weighted by atomic mass is 35.5. The maximum absolute atomic E-state index is 11.9. The number of ether oxygens (including phenoxy) is 1. The second-order valence-electron chi connectivity index (χ2n) is 4.70. The van der Waals surface area contributed by atoms with Crippen LogP contribution in [0.3, 0.4) is 0 Å². The monoisotopic (exact) mass is 283 g/mol. The van der Waals surface area contributed by atoms with Crippen molar-refractivity contribution in [3.05, 3.63) is 28.8 Å². The van der Waals surface area contributed by atoms with Gasteiger partial charge in [-0.15, -0.1) is 0 Å². The van der Waals surface area contributed by atoms with E-state index in [4.69, 9.17) is 16.3 Å². The fraction of sp³-hybridized carbons (Fsp3) is 0.500. The van der Waals surface area contributed by atoms with Crippen LogP contribution in [0.15, 0.2) is 18.2 Å². The van der Waals surface area contributed by atoms with E-state index >= 15 is 0 Å². The van der Waals surface area contributed by atoms with Crippen LogP contribution in [0.2, 0.25) is 5.02 Å². The molecule has 1 saturated carbocycles. The number of halogens is 1. The lowest BCUT2D eigenvalue weighted by atomic mass is 10.2. The van der Waals surface area contributed by atoms with Crippen LogP contribution in [0, 0.1) is 0 Å². The summed E-state index contributed by atoms with van der Waals surface area (Å²) in [6.45, 7) is 0.953. The molecule has 5 heteroatoms. The first kappa shape index (κ1) is 14.2. The molecule has 104 valence electrons. The van der Waals surface area contributed by atoms with Crippen molar-refractivity contribution in [1.82, 2.24) is 5.32 Å². The van der Waals surface area contributed by atoms with Crippen molar-refractivity contribution in [1.29, 1.82) is 0 Å². The summed E-state index contributed by atoms with van der Waals surface area (Å²) in [6.07, 6.45) is 5.05. The van der Waals surface area contributed by atoms with Gasteiger partial charge in [0.1, 0.15) is 5.75 Å². The van der Waals surface area contributed by atoms with E-state index in [1.165, 1.54) is 31.0 Å². The van der Waals surface area contributed by atoms with Gasteiger partial charge in [-0.1, -0.05) is 24.4 Å². The summed E-state index contributed by atoms with van der Waals surface area (Å²) in [4.78, 5) is 11.9. The Hall–Kier alpha value is -1.26. The highest BCUT2D eigenvalue weighted by Gasteiger charge is 2.15. The molecule has 1 amide bonds. The van der Waals surface area contributed by atoms with E-state index in [9.17, 15) is 9.90 Å². The third-order valence-electron chi connectivity index (χ3n) is 3.24. The molecule has 0 radical (unpaired) electrons. The van der Waals surface area contributed by atoms with Crippen LogP contribution in [-0.2, 0) is 4.74 Å². The predicted molar refractivity (Wildman–Crippen MR) is 73.7 cm³/mol. The van der Waals surface area contributed by atoms with E-state index in [0.29, 0.717) is 24.3 Å². The summed E-state index contributed by atoms with van der Waals surface area (Å²) in [5.74, 6) is -0.271. The van der Waals surface area contributed by atoms with Crippen LogP contribution >= 0.6 is 11.6 Å². The Morgan fingerprint density at radius 1 is 1.42 bits per heavy atom. The molecule has 1 fully saturated rings. The second kappa shape index (κ2) is 6.78. The van der Waals surface area contributed by atoms with Crippen molar-refractivity contribution in [2.45, 2.75) is 31.8 Å². The molecule has 4 nitrogen and oxygen atoms in total. The summed E-state index contributed by atoms with van der Waals surface area (Å²) in [5, 5.41) is 12.4. The van der Waals surface area contributed by atoms with Gasteiger partial charge in [0, 0.05) is 6.54 Å². The average Bonchev–Trinajstić information content (AvgIpc) is 2.90. The fourth-order valence-electron chi connectivity index (χ4n) is 2.23. The SMILES string of the molecule is O=C(NCCOC1CCCC1)c1cc(O)ccc1Cl. The van der Waals surface area contributed by atoms with Gasteiger partial charge in [-0.25, -0.2) is 0 Å². The van der Waals surface area contributed by atoms with Crippen LogP contribution in [0.5, 0.6) is 5.75 Å². The third kappa shape index (κ3) is 4.11. The van der Waals surface area contributed by atoms with E-state index in [2.05, 4.69) is 5.32 Å². The van der Waals surface area contributed by atoms with Crippen LogP contribution in [-0.4, -0.2) is 30.3 Å². The van der Waals surface area contributed by atoms with E-state index in [1.54, 1.807) is 0 Å². The number of hydrogen-bond donors (Lipinski definition) is 2. The molecule has 0 aromatic heterocycles. The normalized spacial score (nSPS) is 15.6. The number of carbonyl (C=O) groups is 1. The van der Waals surface area contributed by atoms with E-state index in [-0.39, 0.29) is 17.2 Å². The zero-order chi connectivity index (χ0) is 13.7. The van der Waals surface area contributed by atoms with E-state index in [1.807, 2.05) is 0 Å². The molecule has 0 bridgehead atoms. The molecular formula is C14H18ClNO3. The molecule has 0 atom stereocenters. The molecular weight excluding hydrogens is 266 g/mol. The number of phenolic OH excluding ortho intramolecular Hbond substituents is 1. The van der Waals surface area contributed by atoms with Crippen molar-refractivity contribution in [3.63, 3.8) is 0 Å². The molecule has 0 aliphatic heterocycles. The first-order valence-electron chi connectivity index (χ1n) is 6.55. The summed E-state index contributed by atoms with van der Waals surface area (Å²) in [5.41, 5.74) is 0.280. The van der Waals surface area contributed by atoms with Crippen LogP contribution in [0.25, 0.3) is 0 Å². The van der Waals surface area contributed by atoms with Gasteiger partial charge in [0.05, 0.1) is 23.3 Å². The molecule has 1 aromatic rings. The molecule has 0 unspecified atom stereocenters. The third-order valence-corrected chi connectivity index (χ3v) is 3.57. The summed E-state index contributed by atoms with van der Waals surface area (Å²) in [6, 6.07) is 4.30. The first-order valence-corrected chi connectivity index (χ1v) is 6.93. The number of rotatable bonds is 5. The molecule has 0 heterocycles. The molecule has 1 aliphatic rings. The number of nitrogens with one attached hydrogen (secondary N) is 1. The van der Waals surface area contributed by atoms with E-state index in [0.717, 1.165) is 12.8 Å². The van der Waals surface area contributed by atoms with Crippen molar-refractivity contribution in [2.75, 3.05) is 13.2 Å². The summed E-state index contributed by atoms with van der Waals surface area (Å²) >= 11 is 5.90. The Morgan fingerprint density at radius 2 is 2.16 bits per heavy atom. The number of benzene rings is 1. The Kier molecular flexibility index (Phi) is 5.05. The van der Waals surface area contributed by atoms with Gasteiger partial charge in [0.15, 0.2) is 0 Å². The lowest BCUT2D eigenvalue weighted by molar-refractivity contribution is 0.0582. The van der Waals surface area contributed by atoms with Crippen LogP contribution < -0.4 is 5.32 Å². The van der Waals surface area contributed by atoms with Gasteiger partial charge in [0.2, 0.25) is 0 Å². The zero-order valence-corrected chi connectivity index (χ0v) is 11.4. The molecule has 0 spiro atoms. The second-order valence-corrected chi connectivity index (χ2v) is 5.10. The molecule has 0 saturated heterocycles. The standard InChI is InChI=1S/C14H18ClNO3/c15-13-6-5-10(17)9-12(13)14(18)16-7-8-19-11-3-1-2-4-11/h5-6,9,11,17H,1-4,7-8H2,(H,16,18). The minimum absolute atomic E-state index is 0.0248. The smallest absolute Gasteiger partial charge is 0.253 e. The Morgan fingerprint density at radius 3 is 2.89 bits per heavy atom. The molecule has 1 aromatic carbocycles. The van der Waals surface area contributed by atoms with Crippen molar-refractivity contribution < 1.29 is 14.6 Å². The average molecular weight is 284 g/mol. The van der Waals surface area contributed by atoms with Gasteiger partial charge >= 0.3 is 0 Å². The van der Waals surface area contributed by atoms with Gasteiger partial charge in [0.25, 0.3) is 5.91 Å². The highest BCUT2D eigenvalue weighted by Crippen LogP contribution is 2.21. The fourth-order valence-corrected chi connectivity index (χ4v) is 2.43. The molecule has 2 rings (SSSR count). The van der Waals surface area contributed by atoms with Gasteiger partial charge in [-0.05, 0) is 31.0 Å². The van der Waals surface area contributed by atoms with Gasteiger partial charge in [-0.3, -0.25) is 4.79 Å². The first-order chi connectivity index (χ1) is 9.16. The molecule has 2 N–H and O–H groups in total. The minimum atomic E-state index is -0.295. The number of phenols is 1. The summed E-state index contributed by atoms with van der Waals surface area (Å²) in [7, 11) is 0. The van der Waals surface area contributed by atoms with Gasteiger partial charge in [-0.2, -0.15) is 0 Å². The lowest BCUT2D eigenvalue weighted by Crippen LogP contribution is -2.28. The zero-order valence-electron chi connectivity index (χ0n) is 10.7.